The van der Waals surface area contributed by atoms with Crippen LogP contribution < -0.4 is 5.32 Å². The lowest BCUT2D eigenvalue weighted by Crippen LogP contribution is -2.27. The van der Waals surface area contributed by atoms with Crippen molar-refractivity contribution in [3.63, 3.8) is 0 Å². The minimum Gasteiger partial charge on any atom is -0.460 e. The van der Waals surface area contributed by atoms with Crippen molar-refractivity contribution < 1.29 is 69.8 Å². The van der Waals surface area contributed by atoms with Gasteiger partial charge in [0.25, 0.3) is 0 Å². The molecule has 0 spiro atoms. The Morgan fingerprint density at radius 3 is 1.33 bits per heavy atom. The second kappa shape index (κ2) is 29.6. The second-order valence-corrected chi connectivity index (χ2v) is 16.9. The van der Waals surface area contributed by atoms with Crippen LogP contribution in [0.5, 0.6) is 0 Å². The van der Waals surface area contributed by atoms with E-state index < -0.39 is 26.0 Å². The van der Waals surface area contributed by atoms with Crippen molar-refractivity contribution in [2.45, 2.75) is 25.8 Å². The molecule has 0 atom stereocenters. The topological polar surface area (TPSA) is 131 Å². The van der Waals surface area contributed by atoms with Crippen LogP contribution in [0.25, 0.3) is 0 Å². The average molecular weight is 794 g/mol. The minimum atomic E-state index is -4.48. The first-order chi connectivity index (χ1) is 26.1. The van der Waals surface area contributed by atoms with E-state index in [1.807, 2.05) is 0 Å². The van der Waals surface area contributed by atoms with Crippen molar-refractivity contribution in [1.82, 2.24) is 0 Å². The van der Waals surface area contributed by atoms with Gasteiger partial charge in [-0.05, 0) is 50.0 Å². The maximum Gasteiger partial charge on any atom is 0.416 e. The van der Waals surface area contributed by atoms with E-state index in [-0.39, 0.29) is 24.5 Å². The number of alkyl halides is 3. The van der Waals surface area contributed by atoms with Crippen LogP contribution in [0.2, 0.25) is 19.6 Å². The van der Waals surface area contributed by atoms with Crippen molar-refractivity contribution in [2.24, 2.45) is 0 Å². The van der Waals surface area contributed by atoms with Crippen molar-refractivity contribution in [1.29, 1.82) is 0 Å². The Morgan fingerprint density at radius 1 is 0.537 bits per heavy atom. The van der Waals surface area contributed by atoms with Crippen LogP contribution in [-0.2, 0) is 58.0 Å². The summed E-state index contributed by atoms with van der Waals surface area (Å²) in [5.74, 6) is -0.628. The molecular formula is C37H58F3NO12Si. The maximum atomic E-state index is 13.0. The van der Waals surface area contributed by atoms with Crippen LogP contribution in [0.4, 0.5) is 24.5 Å². The Balaban J connectivity index is 1.30. The number of nitrogens with one attached hydrogen (secondary N) is 1. The lowest BCUT2D eigenvalue weighted by atomic mass is 10.1. The summed E-state index contributed by atoms with van der Waals surface area (Å²) in [6, 6.07) is 11.1. The molecule has 2 aromatic carbocycles. The number of carbonyl (C=O) groups is 1. The molecule has 54 heavy (non-hydrogen) atoms. The third-order valence-corrected chi connectivity index (χ3v) is 7.89. The standard InChI is InChI=1S/C37H58F3NO12Si/c1-54(2,3)53-30-28-51-26-24-49-22-20-47-18-16-45-14-12-43-11-13-44-15-17-46-19-21-48-23-25-50-27-29-52-36(42)34-9-4-5-10-35(34)41-33-8-6-7-32(31-33)37(38,39)40/h4-10,31,41H,11-30H2,1-3H3. The van der Waals surface area contributed by atoms with Crippen LogP contribution in [0, 0.1) is 0 Å². The molecular weight excluding hydrogens is 735 g/mol. The zero-order valence-electron chi connectivity index (χ0n) is 31.8. The lowest BCUT2D eigenvalue weighted by Gasteiger charge is -2.16. The number of rotatable bonds is 34. The van der Waals surface area contributed by atoms with Gasteiger partial charge in [0.1, 0.15) is 6.61 Å². The Morgan fingerprint density at radius 2 is 0.926 bits per heavy atom. The molecule has 0 saturated heterocycles. The van der Waals surface area contributed by atoms with E-state index in [1.165, 1.54) is 18.2 Å². The number of para-hydroxylation sites is 1. The van der Waals surface area contributed by atoms with Gasteiger partial charge in [-0.25, -0.2) is 4.79 Å². The summed E-state index contributed by atoms with van der Waals surface area (Å²) in [7, 11) is -1.47. The Labute approximate surface area is 318 Å². The summed E-state index contributed by atoms with van der Waals surface area (Å²) >= 11 is 0. The molecule has 0 bridgehead atoms. The van der Waals surface area contributed by atoms with Gasteiger partial charge in [0.05, 0.1) is 142 Å². The van der Waals surface area contributed by atoms with E-state index in [0.717, 1.165) is 12.1 Å². The highest BCUT2D eigenvalue weighted by molar-refractivity contribution is 6.69. The monoisotopic (exact) mass is 793 g/mol. The first-order valence-electron chi connectivity index (χ1n) is 18.1. The molecule has 0 aliphatic rings. The zero-order valence-corrected chi connectivity index (χ0v) is 32.8. The summed E-state index contributed by atoms with van der Waals surface area (Å²) in [5, 5.41) is 2.86. The van der Waals surface area contributed by atoms with Crippen molar-refractivity contribution >= 4 is 25.7 Å². The number of benzene rings is 2. The minimum absolute atomic E-state index is 0.00104. The molecule has 2 aromatic rings. The second-order valence-electron chi connectivity index (χ2n) is 12.4. The van der Waals surface area contributed by atoms with Gasteiger partial charge in [0.2, 0.25) is 0 Å². The fraction of sp³-hybridized carbons (Fsp3) is 0.649. The highest BCUT2D eigenvalue weighted by Crippen LogP contribution is 2.32. The third kappa shape index (κ3) is 25.4. The predicted molar refractivity (Wildman–Crippen MR) is 198 cm³/mol. The van der Waals surface area contributed by atoms with E-state index >= 15 is 0 Å². The van der Waals surface area contributed by atoms with Crippen LogP contribution in [0.1, 0.15) is 15.9 Å². The number of ether oxygens (including phenoxy) is 10. The molecule has 0 fully saturated rings. The SMILES string of the molecule is C[Si](C)(C)OCCOCCOCCOCCOCCOCCOCCOCCOCCOCCOC(=O)c1ccccc1Nc1cccc(C(F)(F)F)c1. The average Bonchev–Trinajstić information content (AvgIpc) is 3.13. The normalized spacial score (nSPS) is 12.0. The molecule has 0 saturated carbocycles. The predicted octanol–water partition coefficient (Wildman–Crippen LogP) is 5.61. The summed E-state index contributed by atoms with van der Waals surface area (Å²) in [6.45, 7) is 15.1. The zero-order chi connectivity index (χ0) is 39.2. The number of esters is 1. The van der Waals surface area contributed by atoms with E-state index in [2.05, 4.69) is 25.0 Å². The smallest absolute Gasteiger partial charge is 0.416 e. The first kappa shape index (κ1) is 47.5. The van der Waals surface area contributed by atoms with Gasteiger partial charge in [-0.1, -0.05) is 18.2 Å². The van der Waals surface area contributed by atoms with E-state index in [0.29, 0.717) is 125 Å². The summed E-state index contributed by atoms with van der Waals surface area (Å²) in [6.07, 6.45) is -4.48. The fourth-order valence-corrected chi connectivity index (χ4v) is 4.93. The number of anilines is 2. The van der Waals surface area contributed by atoms with Gasteiger partial charge in [-0.15, -0.1) is 0 Å². The molecule has 13 nitrogen and oxygen atoms in total. The molecule has 0 amide bonds. The van der Waals surface area contributed by atoms with Gasteiger partial charge in [-0.2, -0.15) is 13.2 Å². The molecule has 0 heterocycles. The molecule has 0 unspecified atom stereocenters. The maximum absolute atomic E-state index is 13.0. The molecule has 0 aliphatic heterocycles. The van der Waals surface area contributed by atoms with Gasteiger partial charge in [0, 0.05) is 5.69 Å². The van der Waals surface area contributed by atoms with E-state index in [4.69, 9.17) is 51.8 Å². The van der Waals surface area contributed by atoms with Crippen molar-refractivity contribution in [2.75, 3.05) is 137 Å². The number of carbonyl (C=O) groups excluding carboxylic acids is 1. The summed E-state index contributed by atoms with van der Waals surface area (Å²) in [4.78, 5) is 12.6. The number of halogens is 3. The Bertz CT molecular complexity index is 1240. The summed E-state index contributed by atoms with van der Waals surface area (Å²) in [5.41, 5.74) is -0.0885. The molecule has 0 aromatic heterocycles. The van der Waals surface area contributed by atoms with Crippen LogP contribution in [0.3, 0.4) is 0 Å². The molecule has 17 heteroatoms. The van der Waals surface area contributed by atoms with Crippen LogP contribution in [0.15, 0.2) is 48.5 Å². The Hall–Kier alpha value is -2.68. The first-order valence-corrected chi connectivity index (χ1v) is 21.5. The fourth-order valence-electron chi connectivity index (χ4n) is 4.24. The van der Waals surface area contributed by atoms with E-state index in [1.54, 1.807) is 18.2 Å². The lowest BCUT2D eigenvalue weighted by molar-refractivity contribution is -0.137. The highest BCUT2D eigenvalue weighted by Gasteiger charge is 2.30. The summed E-state index contributed by atoms with van der Waals surface area (Å²) < 4.78 is 99.3. The Kier molecular flexibility index (Phi) is 26.0. The quantitative estimate of drug-likeness (QED) is 0.0536. The van der Waals surface area contributed by atoms with Gasteiger partial charge < -0.3 is 57.1 Å². The largest absolute Gasteiger partial charge is 0.460 e. The van der Waals surface area contributed by atoms with Crippen LogP contribution >= 0.6 is 0 Å². The molecule has 0 radical (unpaired) electrons. The molecule has 308 valence electrons. The van der Waals surface area contributed by atoms with Gasteiger partial charge >= 0.3 is 12.1 Å². The van der Waals surface area contributed by atoms with E-state index in [9.17, 15) is 18.0 Å². The van der Waals surface area contributed by atoms with Crippen molar-refractivity contribution in [3.8, 4) is 0 Å². The van der Waals surface area contributed by atoms with Crippen LogP contribution in [-0.4, -0.2) is 146 Å². The third-order valence-electron chi connectivity index (χ3n) is 6.82. The molecule has 2 rings (SSSR count). The van der Waals surface area contributed by atoms with Gasteiger partial charge in [-0.3, -0.25) is 0 Å². The molecule has 0 aliphatic carbocycles. The molecule has 1 N–H and O–H groups in total. The van der Waals surface area contributed by atoms with Crippen molar-refractivity contribution in [3.05, 3.63) is 59.7 Å². The number of hydrogen-bond acceptors (Lipinski definition) is 13. The highest BCUT2D eigenvalue weighted by atomic mass is 28.4. The number of hydrogen-bond donors (Lipinski definition) is 1. The van der Waals surface area contributed by atoms with Gasteiger partial charge in [0.15, 0.2) is 8.32 Å².